The summed E-state index contributed by atoms with van der Waals surface area (Å²) in [5.41, 5.74) is -0.000747. The number of aromatic amines is 2. The highest BCUT2D eigenvalue weighted by molar-refractivity contribution is 7.22. The second-order valence-electron chi connectivity index (χ2n) is 6.89. The lowest BCUT2D eigenvalue weighted by Gasteiger charge is -2.39. The number of rotatable bonds is 2. The standard InChI is InChI=1S/C17H17N3O3S/c1-16(2,3)17(22)8-23-7-11-10-4-12(9-5-18-19-6-9)24-13(10)15(21)20-14(11)17/h4-6,22H,1,7-8H2,2-3H3,(H-,18,19,20,21)/p+1/t17-/m1/s1. The fourth-order valence-electron chi connectivity index (χ4n) is 3.10. The van der Waals surface area contributed by atoms with Crippen molar-refractivity contribution in [1.82, 2.24) is 15.2 Å². The number of nitrogens with one attached hydrogen (secondary N) is 2. The van der Waals surface area contributed by atoms with Crippen molar-refractivity contribution < 1.29 is 9.84 Å². The molecule has 0 amide bonds. The predicted molar refractivity (Wildman–Crippen MR) is 92.7 cm³/mol. The number of ether oxygens (including phenoxy) is 1. The largest absolute Gasteiger partial charge is 0.377 e. The number of H-pyrrole nitrogens is 2. The van der Waals surface area contributed by atoms with Crippen LogP contribution in [0.3, 0.4) is 0 Å². The molecular weight excluding hydrogens is 326 g/mol. The molecule has 0 aliphatic carbocycles. The average Bonchev–Trinajstić information content (AvgIpc) is 3.16. The Morgan fingerprint density at radius 3 is 2.96 bits per heavy atom. The van der Waals surface area contributed by atoms with E-state index >= 15 is 0 Å². The smallest absolute Gasteiger partial charge is 0.266 e. The Labute approximate surface area is 142 Å². The molecule has 3 aromatic heterocycles. The van der Waals surface area contributed by atoms with Crippen LogP contribution in [0.1, 0.15) is 25.1 Å². The lowest BCUT2D eigenvalue weighted by Crippen LogP contribution is -2.48. The van der Waals surface area contributed by atoms with Crippen LogP contribution in [0.25, 0.3) is 20.5 Å². The monoisotopic (exact) mass is 344 g/mol. The third-order valence-electron chi connectivity index (χ3n) is 4.68. The van der Waals surface area contributed by atoms with Crippen LogP contribution in [-0.2, 0) is 16.9 Å². The van der Waals surface area contributed by atoms with Gasteiger partial charge in [0, 0.05) is 27.6 Å². The highest BCUT2D eigenvalue weighted by Crippen LogP contribution is 2.44. The van der Waals surface area contributed by atoms with Crippen LogP contribution in [0.4, 0.5) is 0 Å². The van der Waals surface area contributed by atoms with Gasteiger partial charge < -0.3 is 14.8 Å². The molecule has 0 aromatic carbocycles. The van der Waals surface area contributed by atoms with E-state index in [4.69, 9.17) is 4.74 Å². The third-order valence-corrected chi connectivity index (χ3v) is 5.86. The summed E-state index contributed by atoms with van der Waals surface area (Å²) >= 11 is 1.41. The lowest BCUT2D eigenvalue weighted by molar-refractivity contribution is -0.130. The summed E-state index contributed by atoms with van der Waals surface area (Å²) in [7, 11) is 0. The molecular formula is C17H18N3O3S+. The molecule has 4 rings (SSSR count). The maximum absolute atomic E-state index is 12.6. The van der Waals surface area contributed by atoms with Crippen molar-refractivity contribution in [1.29, 1.82) is 0 Å². The van der Waals surface area contributed by atoms with Gasteiger partial charge in [-0.1, -0.05) is 0 Å². The summed E-state index contributed by atoms with van der Waals surface area (Å²) in [5, 5.41) is 18.7. The molecule has 0 saturated carbocycles. The van der Waals surface area contributed by atoms with E-state index in [0.29, 0.717) is 17.0 Å². The molecule has 0 saturated heterocycles. The third kappa shape index (κ3) is 2.05. The number of pyridine rings is 1. The zero-order valence-electron chi connectivity index (χ0n) is 13.5. The zero-order valence-corrected chi connectivity index (χ0v) is 14.3. The fraction of sp³-hybridized carbons (Fsp3) is 0.353. The number of aromatic nitrogens is 3. The highest BCUT2D eigenvalue weighted by Gasteiger charge is 2.51. The summed E-state index contributed by atoms with van der Waals surface area (Å²) in [6.45, 7) is 8.18. The first kappa shape index (κ1) is 15.4. The molecule has 1 aliphatic heterocycles. The number of thiophene rings is 1. The van der Waals surface area contributed by atoms with Crippen LogP contribution in [0, 0.1) is 12.3 Å². The van der Waals surface area contributed by atoms with E-state index in [9.17, 15) is 9.90 Å². The van der Waals surface area contributed by atoms with Gasteiger partial charge in [-0.05, 0) is 19.9 Å². The van der Waals surface area contributed by atoms with Gasteiger partial charge in [0.1, 0.15) is 10.1 Å². The Kier molecular flexibility index (Phi) is 3.19. The van der Waals surface area contributed by atoms with Gasteiger partial charge in [-0.15, -0.1) is 11.3 Å². The number of hydrogen-bond donors (Lipinski definition) is 3. The zero-order chi connectivity index (χ0) is 17.1. The van der Waals surface area contributed by atoms with Gasteiger partial charge in [-0.2, -0.15) is 5.10 Å². The molecule has 4 heterocycles. The van der Waals surface area contributed by atoms with Gasteiger partial charge in [0.2, 0.25) is 0 Å². The first-order valence-electron chi connectivity index (χ1n) is 7.65. The van der Waals surface area contributed by atoms with E-state index in [1.807, 2.05) is 19.9 Å². The molecule has 0 bridgehead atoms. The van der Waals surface area contributed by atoms with Crippen molar-refractivity contribution in [3.8, 4) is 10.4 Å². The number of aliphatic hydroxyl groups is 1. The van der Waals surface area contributed by atoms with Crippen LogP contribution in [0.2, 0.25) is 0 Å². The minimum Gasteiger partial charge on any atom is -0.377 e. The van der Waals surface area contributed by atoms with Gasteiger partial charge in [-0.25, -0.2) is 0 Å². The Hall–Kier alpha value is -2.09. The van der Waals surface area contributed by atoms with E-state index in [0.717, 1.165) is 21.4 Å². The molecule has 1 aliphatic rings. The molecule has 0 spiro atoms. The minimum atomic E-state index is -1.34. The molecule has 124 valence electrons. The van der Waals surface area contributed by atoms with E-state index in [1.54, 1.807) is 12.4 Å². The van der Waals surface area contributed by atoms with Crippen LogP contribution in [0.5, 0.6) is 0 Å². The van der Waals surface area contributed by atoms with Crippen LogP contribution >= 0.6 is 11.3 Å². The molecule has 0 unspecified atom stereocenters. The summed E-state index contributed by atoms with van der Waals surface area (Å²) < 4.78 is 6.28. The van der Waals surface area contributed by atoms with Gasteiger partial charge in [0.15, 0.2) is 5.60 Å². The number of hydrogen-bond acceptors (Lipinski definition) is 5. The molecule has 1 atom stereocenters. The molecule has 3 N–H and O–H groups in total. The van der Waals surface area contributed by atoms with Crippen molar-refractivity contribution in [2.45, 2.75) is 26.1 Å². The Bertz CT molecular complexity index is 966. The second-order valence-corrected chi connectivity index (χ2v) is 7.94. The Morgan fingerprint density at radius 1 is 1.50 bits per heavy atom. The van der Waals surface area contributed by atoms with Gasteiger partial charge in [0.05, 0.1) is 32.0 Å². The summed E-state index contributed by atoms with van der Waals surface area (Å²) in [5.74, 6) is 0. The average molecular weight is 344 g/mol. The topological polar surface area (TPSA) is 91.0 Å². The first-order valence-corrected chi connectivity index (χ1v) is 8.47. The van der Waals surface area contributed by atoms with Gasteiger partial charge in [-0.3, -0.25) is 9.89 Å². The van der Waals surface area contributed by atoms with Crippen LogP contribution in [-0.4, -0.2) is 26.9 Å². The molecule has 0 radical (unpaired) electrons. The Morgan fingerprint density at radius 2 is 2.29 bits per heavy atom. The maximum atomic E-state index is 12.6. The quantitative estimate of drug-likeness (QED) is 0.623. The van der Waals surface area contributed by atoms with E-state index in [-0.39, 0.29) is 12.2 Å². The minimum absolute atomic E-state index is 0.108. The summed E-state index contributed by atoms with van der Waals surface area (Å²) in [6, 6.07) is 1.96. The van der Waals surface area contributed by atoms with E-state index < -0.39 is 11.0 Å². The van der Waals surface area contributed by atoms with E-state index in [2.05, 4.69) is 22.1 Å². The molecule has 6 nitrogen and oxygen atoms in total. The van der Waals surface area contributed by atoms with Crippen molar-refractivity contribution >= 4 is 21.4 Å². The van der Waals surface area contributed by atoms with E-state index in [1.165, 1.54) is 11.3 Å². The highest BCUT2D eigenvalue weighted by atomic mass is 32.1. The van der Waals surface area contributed by atoms with Gasteiger partial charge in [0.25, 0.3) is 5.56 Å². The lowest BCUT2D eigenvalue weighted by atomic mass is 9.72. The Balaban J connectivity index is 2.01. The van der Waals surface area contributed by atoms with Crippen LogP contribution in [0.15, 0.2) is 23.3 Å². The molecule has 0 fully saturated rings. The number of nitrogens with zero attached hydrogens (tertiary/aromatic N) is 1. The van der Waals surface area contributed by atoms with Gasteiger partial charge >= 0.3 is 0 Å². The molecule has 3 aromatic rings. The molecule has 7 heteroatoms. The van der Waals surface area contributed by atoms with Crippen LogP contribution < -0.4 is 5.56 Å². The van der Waals surface area contributed by atoms with Crippen molar-refractivity contribution in [2.75, 3.05) is 6.61 Å². The first-order chi connectivity index (χ1) is 11.3. The SMILES string of the molecule is [CH2+]C(C)(C)[C@@]1(O)COCc2c1[nH]c(=O)c1sc(-c3cn[nH]c3)cc21. The number of fused-ring (bicyclic) bond motifs is 3. The van der Waals surface area contributed by atoms with Crippen molar-refractivity contribution in [3.05, 3.63) is 47.0 Å². The summed E-state index contributed by atoms with van der Waals surface area (Å²) in [4.78, 5) is 16.4. The second kappa shape index (κ2) is 4.95. The van der Waals surface area contributed by atoms with Crippen molar-refractivity contribution in [3.63, 3.8) is 0 Å². The fourth-order valence-corrected chi connectivity index (χ4v) is 4.16. The summed E-state index contributed by atoms with van der Waals surface area (Å²) in [6.07, 6.45) is 3.51. The maximum Gasteiger partial charge on any atom is 0.266 e. The molecule has 24 heavy (non-hydrogen) atoms. The predicted octanol–water partition coefficient (Wildman–Crippen LogP) is 2.56. The van der Waals surface area contributed by atoms with Crippen molar-refractivity contribution in [2.24, 2.45) is 5.41 Å². The normalized spacial score (nSPS) is 21.1.